The van der Waals surface area contributed by atoms with Gasteiger partial charge in [0.15, 0.2) is 5.78 Å². The Kier molecular flexibility index (Phi) is 8.52. The molecule has 0 bridgehead atoms. The van der Waals surface area contributed by atoms with E-state index in [4.69, 9.17) is 19.9 Å². The van der Waals surface area contributed by atoms with Gasteiger partial charge in [-0.05, 0) is 70.8 Å². The van der Waals surface area contributed by atoms with E-state index in [-0.39, 0.29) is 5.78 Å². The second-order valence-corrected chi connectivity index (χ2v) is 10.5. The topological polar surface area (TPSA) is 77.3 Å². The smallest absolute Gasteiger partial charge is 0.196 e. The number of hydrogen-bond donors (Lipinski definition) is 1. The molecule has 200 valence electrons. The minimum atomic E-state index is -0.0988. The van der Waals surface area contributed by atoms with E-state index in [9.17, 15) is 4.79 Å². The fraction of sp³-hybridized carbons (Fsp3) is 0.567. The third-order valence-electron chi connectivity index (χ3n) is 7.91. The summed E-state index contributed by atoms with van der Waals surface area (Å²) in [6.07, 6.45) is 9.68. The van der Waals surface area contributed by atoms with E-state index < -0.39 is 0 Å². The molecule has 7 heteroatoms. The summed E-state index contributed by atoms with van der Waals surface area (Å²) in [7, 11) is 1.62. The van der Waals surface area contributed by atoms with E-state index in [1.807, 2.05) is 24.3 Å². The van der Waals surface area contributed by atoms with Gasteiger partial charge >= 0.3 is 0 Å². The van der Waals surface area contributed by atoms with Crippen LogP contribution in [-0.2, 0) is 0 Å². The van der Waals surface area contributed by atoms with Gasteiger partial charge < -0.3 is 29.7 Å². The van der Waals surface area contributed by atoms with E-state index in [0.717, 1.165) is 31.5 Å². The van der Waals surface area contributed by atoms with Gasteiger partial charge in [0.05, 0.1) is 31.6 Å². The number of likely N-dealkylation sites (tertiary alicyclic amines) is 2. The van der Waals surface area contributed by atoms with Gasteiger partial charge in [0.1, 0.15) is 17.2 Å². The van der Waals surface area contributed by atoms with Crippen molar-refractivity contribution in [2.24, 2.45) is 0 Å². The van der Waals surface area contributed by atoms with Crippen LogP contribution in [0.3, 0.4) is 0 Å². The second kappa shape index (κ2) is 12.2. The van der Waals surface area contributed by atoms with Gasteiger partial charge in [-0.3, -0.25) is 4.79 Å². The summed E-state index contributed by atoms with van der Waals surface area (Å²) in [4.78, 5) is 18.5. The molecule has 2 heterocycles. The Morgan fingerprint density at radius 1 is 0.757 bits per heavy atom. The number of benzene rings is 2. The zero-order chi connectivity index (χ0) is 25.6. The number of ether oxygens (including phenoxy) is 3. The highest BCUT2D eigenvalue weighted by atomic mass is 16.5. The molecule has 0 aromatic heterocycles. The number of methoxy groups -OCH3 is 1. The first-order chi connectivity index (χ1) is 18.2. The summed E-state index contributed by atoms with van der Waals surface area (Å²) in [5, 5.41) is 0. The molecule has 2 fully saturated rings. The first-order valence-electron chi connectivity index (χ1n) is 14.1. The summed E-state index contributed by atoms with van der Waals surface area (Å²) in [5.41, 5.74) is 9.49. The van der Waals surface area contributed by atoms with Crippen molar-refractivity contribution in [2.75, 3.05) is 65.3 Å². The van der Waals surface area contributed by atoms with Crippen LogP contribution < -0.4 is 19.9 Å². The predicted octanol–water partition coefficient (Wildman–Crippen LogP) is 5.00. The number of nitrogens with two attached hydrogens (primary N) is 1. The van der Waals surface area contributed by atoms with E-state index in [0.29, 0.717) is 52.8 Å². The third kappa shape index (κ3) is 5.73. The lowest BCUT2D eigenvalue weighted by atomic mass is 10.0. The monoisotopic (exact) mass is 507 g/mol. The summed E-state index contributed by atoms with van der Waals surface area (Å²) < 4.78 is 18.1. The lowest BCUT2D eigenvalue weighted by Gasteiger charge is -2.26. The molecule has 2 aromatic carbocycles. The second-order valence-electron chi connectivity index (χ2n) is 10.5. The Balaban J connectivity index is 1.29. The minimum Gasteiger partial charge on any atom is -0.496 e. The average molecular weight is 508 g/mol. The molecule has 2 saturated heterocycles. The summed E-state index contributed by atoms with van der Waals surface area (Å²) in [6.45, 7) is 7.92. The van der Waals surface area contributed by atoms with Crippen molar-refractivity contribution in [1.82, 2.24) is 9.80 Å². The van der Waals surface area contributed by atoms with Crippen LogP contribution in [0.1, 0.15) is 67.3 Å². The molecule has 37 heavy (non-hydrogen) atoms. The normalized spacial score (nSPS) is 17.9. The van der Waals surface area contributed by atoms with Gasteiger partial charge in [0.25, 0.3) is 0 Å². The molecule has 0 unspecified atom stereocenters. The Morgan fingerprint density at radius 3 is 1.95 bits per heavy atom. The van der Waals surface area contributed by atoms with Crippen LogP contribution in [0.5, 0.6) is 17.2 Å². The Hall–Kier alpha value is -2.77. The molecule has 3 aliphatic rings. The van der Waals surface area contributed by atoms with Crippen molar-refractivity contribution < 1.29 is 19.0 Å². The number of rotatable bonds is 11. The summed E-state index contributed by atoms with van der Waals surface area (Å²) in [5.74, 6) is 1.71. The number of nitrogens with zero attached hydrogens (tertiary/aromatic N) is 2. The van der Waals surface area contributed by atoms with Crippen molar-refractivity contribution in [2.45, 2.75) is 51.4 Å². The highest BCUT2D eigenvalue weighted by Gasteiger charge is 2.36. The molecular formula is C30H41N3O4. The fourth-order valence-electron chi connectivity index (χ4n) is 5.95. The SMILES string of the molecule is COc1cc(OCCCN2CCCCC2)c(N)c2c1-c1c(OCCCN3CCCCC3)cccc1C2=O. The van der Waals surface area contributed by atoms with Crippen LogP contribution in [0.4, 0.5) is 5.69 Å². The molecule has 0 spiro atoms. The van der Waals surface area contributed by atoms with Crippen molar-refractivity contribution in [1.29, 1.82) is 0 Å². The standard InChI is InChI=1S/C30H41N3O4/c1-35-24-21-25(37-20-10-18-33-15-6-3-7-16-33)29(31)28-27(24)26-22(30(28)34)11-8-12-23(26)36-19-9-17-32-13-4-2-5-14-32/h8,11-12,21H,2-7,9-10,13-20,31H2,1H3. The molecule has 0 radical (unpaired) electrons. The van der Waals surface area contributed by atoms with Crippen LogP contribution in [-0.4, -0.2) is 75.2 Å². The molecule has 0 atom stereocenters. The Labute approximate surface area is 220 Å². The highest BCUT2D eigenvalue weighted by molar-refractivity contribution is 6.26. The van der Waals surface area contributed by atoms with E-state index in [1.54, 1.807) is 7.11 Å². The molecule has 0 amide bonds. The zero-order valence-corrected chi connectivity index (χ0v) is 22.2. The molecule has 2 aliphatic heterocycles. The average Bonchev–Trinajstić information content (AvgIpc) is 3.25. The Bertz CT molecular complexity index is 1090. The first kappa shape index (κ1) is 25.9. The quantitative estimate of drug-likeness (QED) is 0.289. The fourth-order valence-corrected chi connectivity index (χ4v) is 5.95. The minimum absolute atomic E-state index is 0.0988. The lowest BCUT2D eigenvalue weighted by molar-refractivity contribution is 0.104. The number of nitrogen functional groups attached to an aromatic ring is 1. The molecule has 2 N–H and O–H groups in total. The highest BCUT2D eigenvalue weighted by Crippen LogP contribution is 2.51. The Morgan fingerprint density at radius 2 is 1.35 bits per heavy atom. The zero-order valence-electron chi connectivity index (χ0n) is 22.2. The number of piperidine rings is 2. The van der Waals surface area contributed by atoms with E-state index >= 15 is 0 Å². The van der Waals surface area contributed by atoms with E-state index in [2.05, 4.69) is 9.80 Å². The number of carbonyl (C=O) groups excluding carboxylic acids is 1. The van der Waals surface area contributed by atoms with Crippen LogP contribution in [0, 0.1) is 0 Å². The first-order valence-corrected chi connectivity index (χ1v) is 14.1. The maximum atomic E-state index is 13.5. The predicted molar refractivity (Wildman–Crippen MR) is 147 cm³/mol. The van der Waals surface area contributed by atoms with Crippen LogP contribution in [0.25, 0.3) is 11.1 Å². The maximum Gasteiger partial charge on any atom is 0.196 e. The lowest BCUT2D eigenvalue weighted by Crippen LogP contribution is -2.31. The van der Waals surface area contributed by atoms with Gasteiger partial charge in [-0.25, -0.2) is 0 Å². The van der Waals surface area contributed by atoms with Crippen LogP contribution in [0.15, 0.2) is 24.3 Å². The molecular weight excluding hydrogens is 466 g/mol. The summed E-state index contributed by atoms with van der Waals surface area (Å²) >= 11 is 0. The number of fused-ring (bicyclic) bond motifs is 3. The van der Waals surface area contributed by atoms with Crippen LogP contribution >= 0.6 is 0 Å². The maximum absolute atomic E-state index is 13.5. The number of ketones is 1. The van der Waals surface area contributed by atoms with E-state index in [1.165, 1.54) is 64.7 Å². The number of anilines is 1. The van der Waals surface area contributed by atoms with Crippen molar-refractivity contribution in [3.8, 4) is 28.4 Å². The van der Waals surface area contributed by atoms with Crippen molar-refractivity contribution >= 4 is 11.5 Å². The van der Waals surface area contributed by atoms with Gasteiger partial charge in [-0.15, -0.1) is 0 Å². The molecule has 7 nitrogen and oxygen atoms in total. The number of carbonyl (C=O) groups is 1. The molecule has 1 aliphatic carbocycles. The largest absolute Gasteiger partial charge is 0.496 e. The van der Waals surface area contributed by atoms with Crippen molar-refractivity contribution in [3.63, 3.8) is 0 Å². The van der Waals surface area contributed by atoms with Crippen LogP contribution in [0.2, 0.25) is 0 Å². The molecule has 0 saturated carbocycles. The van der Waals surface area contributed by atoms with Gasteiger partial charge in [0.2, 0.25) is 0 Å². The van der Waals surface area contributed by atoms with Gasteiger partial charge in [0, 0.05) is 35.8 Å². The third-order valence-corrected chi connectivity index (χ3v) is 7.91. The molecule has 2 aromatic rings. The summed E-state index contributed by atoms with van der Waals surface area (Å²) in [6, 6.07) is 7.48. The molecule has 5 rings (SSSR count). The van der Waals surface area contributed by atoms with Crippen molar-refractivity contribution in [3.05, 3.63) is 35.4 Å². The van der Waals surface area contributed by atoms with Gasteiger partial charge in [-0.1, -0.05) is 25.0 Å². The number of hydrogen-bond acceptors (Lipinski definition) is 7. The van der Waals surface area contributed by atoms with Gasteiger partial charge in [-0.2, -0.15) is 0 Å².